The highest BCUT2D eigenvalue weighted by Crippen LogP contribution is 2.36. The van der Waals surface area contributed by atoms with Gasteiger partial charge in [-0.1, -0.05) is 6.07 Å². The van der Waals surface area contributed by atoms with Crippen LogP contribution in [-0.4, -0.2) is 39.8 Å². The highest BCUT2D eigenvalue weighted by atomic mass is 16.5. The molecule has 0 saturated carbocycles. The van der Waals surface area contributed by atoms with E-state index in [-0.39, 0.29) is 25.4 Å². The zero-order valence-corrected chi connectivity index (χ0v) is 16.1. The number of nitrogens with two attached hydrogens (primary N) is 1. The van der Waals surface area contributed by atoms with Crippen LogP contribution in [0.1, 0.15) is 22.3 Å². The van der Waals surface area contributed by atoms with E-state index in [0.29, 0.717) is 34.1 Å². The summed E-state index contributed by atoms with van der Waals surface area (Å²) in [5.41, 5.74) is 6.88. The number of ether oxygens (including phenoxy) is 4. The van der Waals surface area contributed by atoms with Crippen LogP contribution >= 0.6 is 0 Å². The molecule has 2 rings (SSSR count). The summed E-state index contributed by atoms with van der Waals surface area (Å²) in [6.45, 7) is 0.385. The normalized spacial score (nSPS) is 10.1. The Bertz CT molecular complexity index is 837. The SMILES string of the molecule is COC(=O)CCNC(=O)c1ccc(OC)c(Oc2cccc(OC)c2CN)c1. The number of hydrogen-bond donors (Lipinski definition) is 2. The largest absolute Gasteiger partial charge is 0.496 e. The van der Waals surface area contributed by atoms with Gasteiger partial charge in [0.15, 0.2) is 11.5 Å². The highest BCUT2D eigenvalue weighted by molar-refractivity contribution is 5.95. The minimum absolute atomic E-state index is 0.0887. The fourth-order valence-corrected chi connectivity index (χ4v) is 2.53. The third-order valence-electron chi connectivity index (χ3n) is 4.00. The molecule has 0 heterocycles. The molecule has 0 spiro atoms. The van der Waals surface area contributed by atoms with E-state index >= 15 is 0 Å². The topological polar surface area (TPSA) is 109 Å². The standard InChI is InChI=1S/C20H24N2O6/c1-25-15-5-4-6-16(14(15)12-21)28-18-11-13(7-8-17(18)26-2)20(24)22-10-9-19(23)27-3/h4-8,11H,9-10,12,21H2,1-3H3,(H,22,24). The lowest BCUT2D eigenvalue weighted by Gasteiger charge is -2.16. The summed E-state index contributed by atoms with van der Waals surface area (Å²) in [6.07, 6.45) is 0.0887. The number of rotatable bonds is 9. The van der Waals surface area contributed by atoms with Gasteiger partial charge < -0.3 is 30.0 Å². The smallest absolute Gasteiger partial charge is 0.307 e. The monoisotopic (exact) mass is 388 g/mol. The molecular weight excluding hydrogens is 364 g/mol. The Balaban J connectivity index is 2.24. The first kappa shape index (κ1) is 21.0. The Morgan fingerprint density at radius 1 is 0.964 bits per heavy atom. The minimum Gasteiger partial charge on any atom is -0.496 e. The summed E-state index contributed by atoms with van der Waals surface area (Å²) in [7, 11) is 4.36. The van der Waals surface area contributed by atoms with Gasteiger partial charge in [-0.2, -0.15) is 0 Å². The molecule has 8 nitrogen and oxygen atoms in total. The van der Waals surface area contributed by atoms with E-state index in [1.807, 2.05) is 0 Å². The Kier molecular flexibility index (Phi) is 7.65. The van der Waals surface area contributed by atoms with Crippen LogP contribution < -0.4 is 25.3 Å². The van der Waals surface area contributed by atoms with Crippen LogP contribution in [0.15, 0.2) is 36.4 Å². The molecule has 3 N–H and O–H groups in total. The van der Waals surface area contributed by atoms with Crippen molar-refractivity contribution in [1.29, 1.82) is 0 Å². The minimum atomic E-state index is -0.397. The number of carbonyl (C=O) groups excluding carboxylic acids is 2. The van der Waals surface area contributed by atoms with Gasteiger partial charge in [-0.25, -0.2) is 0 Å². The van der Waals surface area contributed by atoms with Crippen molar-refractivity contribution in [3.05, 3.63) is 47.5 Å². The summed E-state index contributed by atoms with van der Waals surface area (Å²) in [6, 6.07) is 10.1. The van der Waals surface area contributed by atoms with Gasteiger partial charge in [-0.3, -0.25) is 9.59 Å². The van der Waals surface area contributed by atoms with Crippen LogP contribution in [0.2, 0.25) is 0 Å². The molecule has 0 saturated heterocycles. The van der Waals surface area contributed by atoms with Crippen LogP contribution in [0.3, 0.4) is 0 Å². The van der Waals surface area contributed by atoms with E-state index in [9.17, 15) is 9.59 Å². The first-order valence-corrected chi connectivity index (χ1v) is 8.60. The van der Waals surface area contributed by atoms with E-state index in [4.69, 9.17) is 19.9 Å². The maximum atomic E-state index is 12.3. The van der Waals surface area contributed by atoms with Crippen molar-refractivity contribution in [2.45, 2.75) is 13.0 Å². The van der Waals surface area contributed by atoms with Gasteiger partial charge >= 0.3 is 5.97 Å². The highest BCUT2D eigenvalue weighted by Gasteiger charge is 2.15. The van der Waals surface area contributed by atoms with Crippen LogP contribution in [0.4, 0.5) is 0 Å². The van der Waals surface area contributed by atoms with Crippen molar-refractivity contribution >= 4 is 11.9 Å². The van der Waals surface area contributed by atoms with Gasteiger partial charge in [-0.15, -0.1) is 0 Å². The molecule has 0 radical (unpaired) electrons. The van der Waals surface area contributed by atoms with E-state index in [1.165, 1.54) is 14.2 Å². The first-order chi connectivity index (χ1) is 13.5. The van der Waals surface area contributed by atoms with Crippen LogP contribution in [0.25, 0.3) is 0 Å². The fourth-order valence-electron chi connectivity index (χ4n) is 2.53. The molecule has 0 fully saturated rings. The summed E-state index contributed by atoms with van der Waals surface area (Å²) >= 11 is 0. The number of carbonyl (C=O) groups is 2. The van der Waals surface area contributed by atoms with E-state index in [2.05, 4.69) is 10.1 Å². The summed E-state index contributed by atoms with van der Waals surface area (Å²) in [5.74, 6) is 1.18. The Morgan fingerprint density at radius 2 is 1.68 bits per heavy atom. The van der Waals surface area contributed by atoms with Crippen molar-refractivity contribution in [2.75, 3.05) is 27.9 Å². The maximum Gasteiger partial charge on any atom is 0.307 e. The molecule has 0 aliphatic rings. The molecule has 2 aromatic rings. The molecule has 0 aliphatic carbocycles. The first-order valence-electron chi connectivity index (χ1n) is 8.60. The molecule has 0 unspecified atom stereocenters. The zero-order chi connectivity index (χ0) is 20.5. The Morgan fingerprint density at radius 3 is 2.32 bits per heavy atom. The van der Waals surface area contributed by atoms with Crippen molar-refractivity contribution in [1.82, 2.24) is 5.32 Å². The number of amides is 1. The molecular formula is C20H24N2O6. The molecule has 150 valence electrons. The molecule has 0 bridgehead atoms. The molecule has 0 aliphatic heterocycles. The van der Waals surface area contributed by atoms with Crippen LogP contribution in [0.5, 0.6) is 23.0 Å². The number of esters is 1. The van der Waals surface area contributed by atoms with E-state index < -0.39 is 5.97 Å². The van der Waals surface area contributed by atoms with Crippen LogP contribution in [0, 0.1) is 0 Å². The van der Waals surface area contributed by atoms with Crippen molar-refractivity contribution in [3.63, 3.8) is 0 Å². The second kappa shape index (κ2) is 10.2. The summed E-state index contributed by atoms with van der Waals surface area (Å²) in [4.78, 5) is 23.5. The Hall–Kier alpha value is -3.26. The number of hydrogen-bond acceptors (Lipinski definition) is 7. The van der Waals surface area contributed by atoms with Gasteiger partial charge in [0.25, 0.3) is 5.91 Å². The van der Waals surface area contributed by atoms with Gasteiger partial charge in [0, 0.05) is 18.7 Å². The molecule has 0 aromatic heterocycles. The lowest BCUT2D eigenvalue weighted by Crippen LogP contribution is -2.26. The van der Waals surface area contributed by atoms with Crippen molar-refractivity contribution in [2.24, 2.45) is 5.73 Å². The second-order valence-corrected chi connectivity index (χ2v) is 5.69. The molecule has 1 amide bonds. The van der Waals surface area contributed by atoms with E-state index in [1.54, 1.807) is 43.5 Å². The quantitative estimate of drug-likeness (QED) is 0.634. The van der Waals surface area contributed by atoms with Gasteiger partial charge in [0.1, 0.15) is 11.5 Å². The lowest BCUT2D eigenvalue weighted by atomic mass is 10.1. The zero-order valence-electron chi connectivity index (χ0n) is 16.1. The molecule has 28 heavy (non-hydrogen) atoms. The Labute approximate surface area is 163 Å². The predicted octanol–water partition coefficient (Wildman–Crippen LogP) is 2.25. The average Bonchev–Trinajstić information content (AvgIpc) is 2.73. The molecule has 0 atom stereocenters. The van der Waals surface area contributed by atoms with E-state index in [0.717, 1.165) is 0 Å². The fraction of sp³-hybridized carbons (Fsp3) is 0.300. The number of nitrogens with one attached hydrogen (secondary N) is 1. The van der Waals surface area contributed by atoms with Crippen LogP contribution in [-0.2, 0) is 16.1 Å². The van der Waals surface area contributed by atoms with Crippen molar-refractivity contribution < 1.29 is 28.5 Å². The third kappa shape index (κ3) is 5.14. The second-order valence-electron chi connectivity index (χ2n) is 5.69. The maximum absolute atomic E-state index is 12.3. The lowest BCUT2D eigenvalue weighted by molar-refractivity contribution is -0.140. The summed E-state index contributed by atoms with van der Waals surface area (Å²) in [5, 5.41) is 2.66. The molecule has 8 heteroatoms. The van der Waals surface area contributed by atoms with Gasteiger partial charge in [0.2, 0.25) is 0 Å². The number of benzene rings is 2. The molecule has 2 aromatic carbocycles. The number of methoxy groups -OCH3 is 3. The van der Waals surface area contributed by atoms with Crippen molar-refractivity contribution in [3.8, 4) is 23.0 Å². The predicted molar refractivity (Wildman–Crippen MR) is 103 cm³/mol. The third-order valence-corrected chi connectivity index (χ3v) is 4.00. The average molecular weight is 388 g/mol. The van der Waals surface area contributed by atoms with Gasteiger partial charge in [-0.05, 0) is 30.3 Å². The summed E-state index contributed by atoms with van der Waals surface area (Å²) < 4.78 is 21.2. The van der Waals surface area contributed by atoms with Gasteiger partial charge in [0.05, 0.1) is 33.3 Å².